The molecule has 0 spiro atoms. The molecule has 1 heterocycles. The van der Waals surface area contributed by atoms with Crippen molar-refractivity contribution in [3.63, 3.8) is 0 Å². The van der Waals surface area contributed by atoms with Gasteiger partial charge in [0.2, 0.25) is 0 Å². The lowest BCUT2D eigenvalue weighted by atomic mass is 9.97. The van der Waals surface area contributed by atoms with E-state index in [9.17, 15) is 9.59 Å². The molecule has 1 aromatic rings. The second-order valence-electron chi connectivity index (χ2n) is 7.03. The summed E-state index contributed by atoms with van der Waals surface area (Å²) in [7, 11) is 0. The molecule has 0 amide bonds. The number of ether oxygens (including phenoxy) is 2. The lowest BCUT2D eigenvalue weighted by molar-refractivity contribution is -0.161. The zero-order valence-corrected chi connectivity index (χ0v) is 16.5. The molecule has 1 unspecified atom stereocenters. The Hall–Kier alpha value is -2.15. The van der Waals surface area contributed by atoms with Crippen LogP contribution < -0.4 is 9.64 Å². The van der Waals surface area contributed by atoms with Crippen LogP contribution in [0.25, 0.3) is 0 Å². The predicted octanol–water partition coefficient (Wildman–Crippen LogP) is 3.38. The number of benzene rings is 1. The van der Waals surface area contributed by atoms with Gasteiger partial charge in [-0.1, -0.05) is 52.0 Å². The minimum Gasteiger partial charge on any atom is -0.481 e. The number of carboxylic acid groups (broad SMARTS) is 1. The molecule has 6 nitrogen and oxygen atoms in total. The highest BCUT2D eigenvalue weighted by atomic mass is 32.1. The van der Waals surface area contributed by atoms with Crippen LogP contribution in [0.1, 0.15) is 46.1 Å². The summed E-state index contributed by atoms with van der Waals surface area (Å²) in [5, 5.41) is 8.92. The number of para-hydroxylation sites is 1. The van der Waals surface area contributed by atoms with E-state index in [1.807, 2.05) is 32.0 Å². The molecule has 0 bridgehead atoms. The lowest BCUT2D eigenvalue weighted by Gasteiger charge is -2.39. The van der Waals surface area contributed by atoms with Crippen LogP contribution in [0.3, 0.4) is 0 Å². The minimum atomic E-state index is -1.21. The van der Waals surface area contributed by atoms with Gasteiger partial charge in [-0.3, -0.25) is 4.79 Å². The largest absolute Gasteiger partial charge is 0.481 e. The summed E-state index contributed by atoms with van der Waals surface area (Å²) in [5.41, 5.74) is 1.74. The SMILES string of the molecule is CC(OC(=O)CN1C(=S)[C@H](C(C)C)Oc2c(C(C)C)cccc21)C(=O)O. The number of carboxylic acids is 1. The summed E-state index contributed by atoms with van der Waals surface area (Å²) in [4.78, 5) is 25.4. The van der Waals surface area contributed by atoms with Gasteiger partial charge in [-0.25, -0.2) is 4.79 Å². The van der Waals surface area contributed by atoms with E-state index in [0.29, 0.717) is 16.4 Å². The second kappa shape index (κ2) is 8.03. The molecule has 26 heavy (non-hydrogen) atoms. The van der Waals surface area contributed by atoms with E-state index in [4.69, 9.17) is 26.8 Å². The van der Waals surface area contributed by atoms with Crippen molar-refractivity contribution in [2.75, 3.05) is 11.4 Å². The molecule has 1 aromatic carbocycles. The molecular weight excluding hydrogens is 354 g/mol. The zero-order chi connectivity index (χ0) is 19.6. The summed E-state index contributed by atoms with van der Waals surface area (Å²) in [6, 6.07) is 5.74. The normalized spacial score (nSPS) is 17.7. The first kappa shape index (κ1) is 20.2. The second-order valence-corrected chi connectivity index (χ2v) is 7.45. The van der Waals surface area contributed by atoms with Crippen molar-refractivity contribution in [2.45, 2.75) is 52.7 Å². The molecule has 1 aliphatic heterocycles. The Kier molecular flexibility index (Phi) is 6.23. The molecule has 0 saturated heterocycles. The van der Waals surface area contributed by atoms with Gasteiger partial charge in [-0.15, -0.1) is 0 Å². The summed E-state index contributed by atoms with van der Waals surface area (Å²) in [6.45, 7) is 9.32. The molecule has 1 N–H and O–H groups in total. The van der Waals surface area contributed by atoms with Crippen LogP contribution in [-0.4, -0.2) is 40.8 Å². The van der Waals surface area contributed by atoms with E-state index >= 15 is 0 Å². The number of hydrogen-bond acceptors (Lipinski definition) is 5. The number of esters is 1. The van der Waals surface area contributed by atoms with Gasteiger partial charge in [0, 0.05) is 0 Å². The molecule has 1 aliphatic rings. The Labute approximate surface area is 159 Å². The van der Waals surface area contributed by atoms with Crippen LogP contribution in [0, 0.1) is 5.92 Å². The first-order valence-corrected chi connectivity index (χ1v) is 9.07. The van der Waals surface area contributed by atoms with Gasteiger partial charge in [-0.2, -0.15) is 0 Å². The number of aliphatic carboxylic acids is 1. The van der Waals surface area contributed by atoms with Crippen molar-refractivity contribution >= 4 is 34.8 Å². The first-order chi connectivity index (χ1) is 12.1. The Morgan fingerprint density at radius 1 is 1.27 bits per heavy atom. The highest BCUT2D eigenvalue weighted by Crippen LogP contribution is 2.41. The maximum Gasteiger partial charge on any atom is 0.344 e. The van der Waals surface area contributed by atoms with Crippen molar-refractivity contribution in [3.05, 3.63) is 23.8 Å². The fourth-order valence-corrected chi connectivity index (χ4v) is 3.27. The van der Waals surface area contributed by atoms with Crippen molar-refractivity contribution < 1.29 is 24.2 Å². The monoisotopic (exact) mass is 379 g/mol. The number of rotatable bonds is 6. The molecule has 0 radical (unpaired) electrons. The molecule has 0 aliphatic carbocycles. The van der Waals surface area contributed by atoms with E-state index in [0.717, 1.165) is 5.56 Å². The van der Waals surface area contributed by atoms with Crippen LogP contribution >= 0.6 is 12.2 Å². The number of fused-ring (bicyclic) bond motifs is 1. The number of carbonyl (C=O) groups is 2. The zero-order valence-electron chi connectivity index (χ0n) is 15.7. The number of hydrogen-bond donors (Lipinski definition) is 1. The topological polar surface area (TPSA) is 76.1 Å². The fourth-order valence-electron chi connectivity index (χ4n) is 2.79. The highest BCUT2D eigenvalue weighted by Gasteiger charge is 2.36. The van der Waals surface area contributed by atoms with Crippen LogP contribution in [-0.2, 0) is 14.3 Å². The van der Waals surface area contributed by atoms with E-state index in [1.165, 1.54) is 6.92 Å². The maximum absolute atomic E-state index is 12.2. The van der Waals surface area contributed by atoms with Gasteiger partial charge >= 0.3 is 11.9 Å². The highest BCUT2D eigenvalue weighted by molar-refractivity contribution is 7.80. The molecule has 2 rings (SSSR count). The predicted molar refractivity (Wildman–Crippen MR) is 103 cm³/mol. The summed E-state index contributed by atoms with van der Waals surface area (Å²) in [5.74, 6) is -0.760. The number of carbonyl (C=O) groups excluding carboxylic acids is 1. The Morgan fingerprint density at radius 3 is 2.46 bits per heavy atom. The lowest BCUT2D eigenvalue weighted by Crippen LogP contribution is -2.49. The summed E-state index contributed by atoms with van der Waals surface area (Å²) in [6.07, 6.45) is -1.55. The van der Waals surface area contributed by atoms with E-state index in [-0.39, 0.29) is 24.5 Å². The number of thiocarbonyl (C=S) groups is 1. The maximum atomic E-state index is 12.2. The van der Waals surface area contributed by atoms with Crippen LogP contribution in [0.15, 0.2) is 18.2 Å². The third-order valence-electron chi connectivity index (χ3n) is 4.24. The van der Waals surface area contributed by atoms with Gasteiger partial charge in [0.25, 0.3) is 0 Å². The summed E-state index contributed by atoms with van der Waals surface area (Å²) >= 11 is 5.57. The summed E-state index contributed by atoms with van der Waals surface area (Å²) < 4.78 is 11.2. The van der Waals surface area contributed by atoms with Crippen LogP contribution in [0.5, 0.6) is 5.75 Å². The Morgan fingerprint density at radius 2 is 1.92 bits per heavy atom. The van der Waals surface area contributed by atoms with Crippen LogP contribution in [0.2, 0.25) is 0 Å². The van der Waals surface area contributed by atoms with Crippen molar-refractivity contribution in [3.8, 4) is 5.75 Å². The van der Waals surface area contributed by atoms with Gasteiger partial charge in [-0.05, 0) is 30.4 Å². The van der Waals surface area contributed by atoms with Crippen molar-refractivity contribution in [1.82, 2.24) is 0 Å². The van der Waals surface area contributed by atoms with Crippen molar-refractivity contribution in [2.24, 2.45) is 5.92 Å². The quantitative estimate of drug-likeness (QED) is 0.600. The number of nitrogens with zero attached hydrogens (tertiary/aromatic N) is 1. The molecule has 142 valence electrons. The third kappa shape index (κ3) is 4.15. The number of anilines is 1. The average Bonchev–Trinajstić information content (AvgIpc) is 2.55. The minimum absolute atomic E-state index is 0.118. The van der Waals surface area contributed by atoms with Crippen molar-refractivity contribution in [1.29, 1.82) is 0 Å². The van der Waals surface area contributed by atoms with Gasteiger partial charge in [0.1, 0.15) is 17.3 Å². The van der Waals surface area contributed by atoms with E-state index in [1.54, 1.807) is 4.90 Å². The average molecular weight is 379 g/mol. The molecule has 0 aromatic heterocycles. The molecule has 7 heteroatoms. The van der Waals surface area contributed by atoms with E-state index < -0.39 is 18.0 Å². The standard InChI is InChI=1S/C19H25NO5S/c1-10(2)13-7-6-8-14-17(13)25-16(11(3)4)18(26)20(14)9-15(21)24-12(5)19(22)23/h6-8,10-12,16H,9H2,1-5H3,(H,22,23)/t12?,16-/m0/s1. The Balaban J connectivity index is 2.38. The Bertz CT molecular complexity index is 716. The van der Waals surface area contributed by atoms with Crippen LogP contribution in [0.4, 0.5) is 5.69 Å². The molecular formula is C19H25NO5S. The van der Waals surface area contributed by atoms with Gasteiger partial charge < -0.3 is 19.5 Å². The molecule has 0 saturated carbocycles. The smallest absolute Gasteiger partial charge is 0.344 e. The first-order valence-electron chi connectivity index (χ1n) is 8.66. The van der Waals surface area contributed by atoms with Gasteiger partial charge in [0.05, 0.1) is 5.69 Å². The van der Waals surface area contributed by atoms with Gasteiger partial charge in [0.15, 0.2) is 12.2 Å². The molecule has 0 fully saturated rings. The van der Waals surface area contributed by atoms with E-state index in [2.05, 4.69) is 13.8 Å². The molecule has 2 atom stereocenters. The fraction of sp³-hybridized carbons (Fsp3) is 0.526. The third-order valence-corrected chi connectivity index (χ3v) is 4.69.